The van der Waals surface area contributed by atoms with Gasteiger partial charge in [0.05, 0.1) is 12.8 Å². The lowest BCUT2D eigenvalue weighted by Crippen LogP contribution is -3.00. The van der Waals surface area contributed by atoms with Crippen molar-refractivity contribution in [2.75, 3.05) is 0 Å². The van der Waals surface area contributed by atoms with Gasteiger partial charge in [0, 0.05) is 17.1 Å². The number of hydrogen-bond acceptors (Lipinski definition) is 3. The monoisotopic (exact) mass is 380 g/mol. The van der Waals surface area contributed by atoms with Gasteiger partial charge in [0.25, 0.3) is 0 Å². The van der Waals surface area contributed by atoms with Crippen LogP contribution in [0.2, 0.25) is 5.02 Å². The fourth-order valence-electron chi connectivity index (χ4n) is 2.30. The highest BCUT2D eigenvalue weighted by Crippen LogP contribution is 2.24. The van der Waals surface area contributed by atoms with Crippen LogP contribution in [0.5, 0.6) is 5.75 Å². The van der Waals surface area contributed by atoms with Gasteiger partial charge >= 0.3 is 0 Å². The molecule has 1 heterocycles. The van der Waals surface area contributed by atoms with E-state index in [2.05, 4.69) is 5.32 Å². The van der Waals surface area contributed by atoms with Crippen LogP contribution in [0.25, 0.3) is 0 Å². The maximum Gasteiger partial charge on any atom is 0.124 e. The lowest BCUT2D eigenvalue weighted by molar-refractivity contribution is -0.00000621. The van der Waals surface area contributed by atoms with Crippen molar-refractivity contribution in [1.82, 2.24) is 5.32 Å². The Bertz CT molecular complexity index is 777. The zero-order valence-corrected chi connectivity index (χ0v) is 14.9. The molecule has 0 aliphatic heterocycles. The first-order valence-electron chi connectivity index (χ1n) is 7.59. The molecule has 0 spiro atoms. The molecular weight excluding hydrogens is 364 g/mol. The van der Waals surface area contributed by atoms with E-state index in [1.807, 2.05) is 24.3 Å². The molecule has 0 aliphatic rings. The summed E-state index contributed by atoms with van der Waals surface area (Å²) >= 11 is 6.09. The molecule has 3 aromatic rings. The largest absolute Gasteiger partial charge is 1.00 e. The first-order chi connectivity index (χ1) is 11.7. The maximum absolute atomic E-state index is 12.9. The van der Waals surface area contributed by atoms with Gasteiger partial charge in [-0.25, -0.2) is 4.39 Å². The zero-order valence-electron chi connectivity index (χ0n) is 13.3. The standard InChI is InChI=1S/C19H17ClFNO2.ClH/c20-16-5-8-19(24-13-14-3-6-17(21)7-4-14)15(10-16)11-22-12-18-2-1-9-23-18;/h1-10,22H,11-13H2;1H/p-1. The Morgan fingerprint density at radius 3 is 2.56 bits per heavy atom. The van der Waals surface area contributed by atoms with Crippen molar-refractivity contribution < 1.29 is 26.0 Å². The van der Waals surface area contributed by atoms with E-state index in [0.717, 1.165) is 22.6 Å². The highest BCUT2D eigenvalue weighted by molar-refractivity contribution is 6.30. The third kappa shape index (κ3) is 5.78. The molecule has 6 heteroatoms. The number of benzene rings is 2. The summed E-state index contributed by atoms with van der Waals surface area (Å²) in [7, 11) is 0. The normalized spacial score (nSPS) is 10.3. The van der Waals surface area contributed by atoms with Crippen molar-refractivity contribution >= 4 is 11.6 Å². The van der Waals surface area contributed by atoms with Crippen LogP contribution in [0.4, 0.5) is 4.39 Å². The van der Waals surface area contributed by atoms with Crippen molar-refractivity contribution in [1.29, 1.82) is 0 Å². The first-order valence-corrected chi connectivity index (χ1v) is 7.97. The second-order valence-electron chi connectivity index (χ2n) is 5.35. The third-order valence-electron chi connectivity index (χ3n) is 3.52. The summed E-state index contributed by atoms with van der Waals surface area (Å²) in [4.78, 5) is 0. The molecule has 25 heavy (non-hydrogen) atoms. The molecule has 0 radical (unpaired) electrons. The Labute approximate surface area is 157 Å². The van der Waals surface area contributed by atoms with Gasteiger partial charge in [-0.2, -0.15) is 0 Å². The average molecular weight is 381 g/mol. The van der Waals surface area contributed by atoms with E-state index in [-0.39, 0.29) is 18.2 Å². The molecule has 0 fully saturated rings. The van der Waals surface area contributed by atoms with Crippen molar-refractivity contribution in [2.45, 2.75) is 19.7 Å². The summed E-state index contributed by atoms with van der Waals surface area (Å²) in [5.74, 6) is 1.36. The maximum atomic E-state index is 12.9. The Kier molecular flexibility index (Phi) is 7.31. The van der Waals surface area contributed by atoms with E-state index in [4.69, 9.17) is 20.8 Å². The highest BCUT2D eigenvalue weighted by atomic mass is 35.5. The van der Waals surface area contributed by atoms with Gasteiger partial charge < -0.3 is 26.9 Å². The number of hydrogen-bond donors (Lipinski definition) is 1. The molecule has 1 aromatic heterocycles. The number of ether oxygens (including phenoxy) is 1. The third-order valence-corrected chi connectivity index (χ3v) is 3.76. The van der Waals surface area contributed by atoms with Gasteiger partial charge in [-0.15, -0.1) is 0 Å². The van der Waals surface area contributed by atoms with E-state index in [0.29, 0.717) is 24.7 Å². The lowest BCUT2D eigenvalue weighted by atomic mass is 10.2. The van der Waals surface area contributed by atoms with Gasteiger partial charge in [-0.3, -0.25) is 0 Å². The van der Waals surface area contributed by atoms with Crippen LogP contribution in [0.15, 0.2) is 65.3 Å². The molecule has 0 saturated heterocycles. The minimum atomic E-state index is -0.256. The Morgan fingerprint density at radius 1 is 1.04 bits per heavy atom. The summed E-state index contributed by atoms with van der Waals surface area (Å²) in [6.45, 7) is 1.59. The van der Waals surface area contributed by atoms with Gasteiger partial charge in [-0.1, -0.05) is 23.7 Å². The fraction of sp³-hybridized carbons (Fsp3) is 0.158. The number of rotatable bonds is 7. The van der Waals surface area contributed by atoms with Crippen LogP contribution < -0.4 is 22.5 Å². The van der Waals surface area contributed by atoms with Gasteiger partial charge in [-0.05, 0) is 48.0 Å². The van der Waals surface area contributed by atoms with Crippen molar-refractivity contribution in [3.63, 3.8) is 0 Å². The summed E-state index contributed by atoms with van der Waals surface area (Å²) in [5.41, 5.74) is 1.86. The van der Waals surface area contributed by atoms with Crippen molar-refractivity contribution in [3.8, 4) is 5.75 Å². The van der Waals surface area contributed by atoms with Crippen LogP contribution >= 0.6 is 11.6 Å². The predicted molar refractivity (Wildman–Crippen MR) is 91.4 cm³/mol. The molecule has 0 bridgehead atoms. The van der Waals surface area contributed by atoms with Crippen molar-refractivity contribution in [2.24, 2.45) is 0 Å². The van der Waals surface area contributed by atoms with Crippen LogP contribution in [-0.2, 0) is 19.7 Å². The molecule has 132 valence electrons. The Hall–Kier alpha value is -2.01. The average Bonchev–Trinajstić information content (AvgIpc) is 3.09. The zero-order chi connectivity index (χ0) is 16.8. The van der Waals surface area contributed by atoms with Gasteiger partial charge in [0.2, 0.25) is 0 Å². The molecule has 2 aromatic carbocycles. The van der Waals surface area contributed by atoms with Crippen LogP contribution in [0.1, 0.15) is 16.9 Å². The molecule has 0 saturated carbocycles. The van der Waals surface area contributed by atoms with Crippen LogP contribution in [0.3, 0.4) is 0 Å². The van der Waals surface area contributed by atoms with E-state index >= 15 is 0 Å². The molecule has 0 amide bonds. The topological polar surface area (TPSA) is 34.4 Å². The molecule has 0 unspecified atom stereocenters. The lowest BCUT2D eigenvalue weighted by Gasteiger charge is -2.13. The Morgan fingerprint density at radius 2 is 1.84 bits per heavy atom. The van der Waals surface area contributed by atoms with E-state index in [1.165, 1.54) is 12.1 Å². The van der Waals surface area contributed by atoms with Crippen LogP contribution in [-0.4, -0.2) is 0 Å². The summed E-state index contributed by atoms with van der Waals surface area (Å²) in [6.07, 6.45) is 1.65. The molecule has 0 aliphatic carbocycles. The summed E-state index contributed by atoms with van der Waals surface area (Å²) in [6, 6.07) is 15.5. The molecule has 0 atom stereocenters. The van der Waals surface area contributed by atoms with Crippen LogP contribution in [0, 0.1) is 5.82 Å². The predicted octanol–water partition coefficient (Wildman–Crippen LogP) is 1.94. The summed E-state index contributed by atoms with van der Waals surface area (Å²) < 4.78 is 24.1. The van der Waals surface area contributed by atoms with E-state index in [9.17, 15) is 4.39 Å². The van der Waals surface area contributed by atoms with Gasteiger partial charge in [0.1, 0.15) is 23.9 Å². The number of furan rings is 1. The second kappa shape index (κ2) is 9.47. The van der Waals surface area contributed by atoms with Gasteiger partial charge in [0.15, 0.2) is 0 Å². The minimum absolute atomic E-state index is 0. The molecule has 3 nitrogen and oxygen atoms in total. The smallest absolute Gasteiger partial charge is 0.124 e. The summed E-state index contributed by atoms with van der Waals surface area (Å²) in [5, 5.41) is 3.95. The fourth-order valence-corrected chi connectivity index (χ4v) is 2.50. The quantitative estimate of drug-likeness (QED) is 0.680. The highest BCUT2D eigenvalue weighted by Gasteiger charge is 2.06. The SMILES string of the molecule is Fc1ccc(COc2ccc(Cl)cc2CNCc2ccco2)cc1.[Cl-]. The molecule has 3 rings (SSSR count). The second-order valence-corrected chi connectivity index (χ2v) is 5.79. The number of nitrogens with one attached hydrogen (secondary N) is 1. The van der Waals surface area contributed by atoms with E-state index < -0.39 is 0 Å². The molecular formula is C19H17Cl2FNO2-. The molecule has 1 N–H and O–H groups in total. The first kappa shape index (κ1) is 19.3. The number of halogens is 3. The van der Waals surface area contributed by atoms with Crippen molar-refractivity contribution in [3.05, 3.63) is 88.6 Å². The minimum Gasteiger partial charge on any atom is -1.00 e. The van der Waals surface area contributed by atoms with E-state index in [1.54, 1.807) is 24.5 Å². The Balaban J connectivity index is 0.00000225.